The zero-order chi connectivity index (χ0) is 19.7. The topological polar surface area (TPSA) is 55.2 Å². The van der Waals surface area contributed by atoms with Gasteiger partial charge in [-0.05, 0) is 35.9 Å². The van der Waals surface area contributed by atoms with E-state index in [1.807, 2.05) is 10.8 Å². The van der Waals surface area contributed by atoms with Crippen molar-refractivity contribution in [3.05, 3.63) is 87.4 Å². The first-order valence-corrected chi connectivity index (χ1v) is 9.17. The van der Waals surface area contributed by atoms with Gasteiger partial charge in [0.05, 0.1) is 40.6 Å². The molecule has 28 heavy (non-hydrogen) atoms. The van der Waals surface area contributed by atoms with E-state index in [2.05, 4.69) is 16.8 Å². The van der Waals surface area contributed by atoms with Gasteiger partial charge in [-0.3, -0.25) is 14.5 Å². The van der Waals surface area contributed by atoms with Crippen molar-refractivity contribution in [3.63, 3.8) is 0 Å². The molecule has 0 radical (unpaired) electrons. The average Bonchev–Trinajstić information content (AvgIpc) is 3.28. The van der Waals surface area contributed by atoms with Crippen LogP contribution >= 0.6 is 23.2 Å². The summed E-state index contributed by atoms with van der Waals surface area (Å²) in [6.07, 6.45) is 5.19. The Labute approximate surface area is 171 Å². The van der Waals surface area contributed by atoms with Crippen LogP contribution in [0.5, 0.6) is 0 Å². The van der Waals surface area contributed by atoms with Crippen molar-refractivity contribution in [3.8, 4) is 11.8 Å². The van der Waals surface area contributed by atoms with E-state index in [1.165, 1.54) is 4.90 Å². The number of fused-ring (bicyclic) bond motifs is 1. The van der Waals surface area contributed by atoms with E-state index < -0.39 is 0 Å². The van der Waals surface area contributed by atoms with Gasteiger partial charge in [0, 0.05) is 18.0 Å². The molecule has 0 saturated heterocycles. The van der Waals surface area contributed by atoms with Gasteiger partial charge in [0.25, 0.3) is 11.8 Å². The van der Waals surface area contributed by atoms with Gasteiger partial charge < -0.3 is 4.57 Å². The van der Waals surface area contributed by atoms with Gasteiger partial charge in [0.1, 0.15) is 0 Å². The lowest BCUT2D eigenvalue weighted by Gasteiger charge is -2.14. The maximum atomic E-state index is 12.8. The van der Waals surface area contributed by atoms with E-state index in [9.17, 15) is 9.59 Å². The van der Waals surface area contributed by atoms with Crippen LogP contribution in [0.1, 0.15) is 31.8 Å². The van der Waals surface area contributed by atoms with Crippen molar-refractivity contribution in [1.29, 1.82) is 0 Å². The molecule has 0 bridgehead atoms. The summed E-state index contributed by atoms with van der Waals surface area (Å²) in [7, 11) is 0. The maximum absolute atomic E-state index is 12.8. The summed E-state index contributed by atoms with van der Waals surface area (Å²) in [6, 6.07) is 10.1. The molecule has 0 aliphatic carbocycles. The Kier molecular flexibility index (Phi) is 4.91. The lowest BCUT2D eigenvalue weighted by Crippen LogP contribution is -2.29. The third kappa shape index (κ3) is 3.53. The van der Waals surface area contributed by atoms with Crippen LogP contribution in [0.2, 0.25) is 10.0 Å². The number of carbonyl (C=O) groups excluding carboxylic acids is 2. The average molecular weight is 410 g/mol. The number of halogens is 2. The second-order valence-electron chi connectivity index (χ2n) is 6.24. The molecule has 0 saturated carbocycles. The van der Waals surface area contributed by atoms with Crippen LogP contribution in [0.15, 0.2) is 55.1 Å². The Morgan fingerprint density at radius 2 is 1.79 bits per heavy atom. The molecule has 3 aromatic rings. The molecule has 2 amide bonds. The van der Waals surface area contributed by atoms with Crippen LogP contribution in [0.4, 0.5) is 0 Å². The zero-order valence-corrected chi connectivity index (χ0v) is 16.0. The minimum atomic E-state index is -0.343. The molecule has 7 heteroatoms. The molecule has 0 atom stereocenters. The van der Waals surface area contributed by atoms with Crippen LogP contribution in [0.25, 0.3) is 0 Å². The molecule has 0 N–H and O–H groups in total. The Balaban J connectivity index is 1.55. The number of amides is 2. The second-order valence-corrected chi connectivity index (χ2v) is 7.06. The summed E-state index contributed by atoms with van der Waals surface area (Å²) >= 11 is 11.9. The Morgan fingerprint density at radius 1 is 0.964 bits per heavy atom. The van der Waals surface area contributed by atoms with Gasteiger partial charge in [-0.2, -0.15) is 0 Å². The van der Waals surface area contributed by atoms with Crippen molar-refractivity contribution in [2.24, 2.45) is 0 Å². The van der Waals surface area contributed by atoms with E-state index >= 15 is 0 Å². The number of carbonyl (C=O) groups is 2. The molecule has 0 unspecified atom stereocenters. The van der Waals surface area contributed by atoms with Crippen molar-refractivity contribution >= 4 is 35.0 Å². The second kappa shape index (κ2) is 7.51. The molecule has 138 valence electrons. The number of rotatable bonds is 3. The van der Waals surface area contributed by atoms with E-state index in [4.69, 9.17) is 23.2 Å². The van der Waals surface area contributed by atoms with Crippen molar-refractivity contribution in [2.75, 3.05) is 0 Å². The highest BCUT2D eigenvalue weighted by Gasteiger charge is 2.35. The molecule has 0 spiro atoms. The smallest absolute Gasteiger partial charge is 0.261 e. The van der Waals surface area contributed by atoms with E-state index in [0.29, 0.717) is 33.3 Å². The summed E-state index contributed by atoms with van der Waals surface area (Å²) < 4.78 is 1.84. The number of nitrogens with zero attached hydrogens (tertiary/aromatic N) is 3. The predicted octanol–water partition coefficient (Wildman–Crippen LogP) is 4.04. The quantitative estimate of drug-likeness (QED) is 0.484. The van der Waals surface area contributed by atoms with E-state index in [0.717, 1.165) is 5.56 Å². The highest BCUT2D eigenvalue weighted by atomic mass is 35.5. The molecular weight excluding hydrogens is 397 g/mol. The van der Waals surface area contributed by atoms with Crippen LogP contribution < -0.4 is 0 Å². The van der Waals surface area contributed by atoms with E-state index in [1.54, 1.807) is 48.9 Å². The fourth-order valence-electron chi connectivity index (χ4n) is 2.95. The summed E-state index contributed by atoms with van der Waals surface area (Å²) in [5.41, 5.74) is 2.14. The number of benzene rings is 2. The minimum absolute atomic E-state index is 0.130. The van der Waals surface area contributed by atoms with Gasteiger partial charge in [0.2, 0.25) is 0 Å². The standard InChI is InChI=1S/C21H13Cl2N3O2/c22-18-6-4-15(11-19(18)23)12-26-20(27)16-5-3-14(10-17(16)21(26)28)2-1-8-25-9-7-24-13-25/h3-7,9-11,13H,8,12H2. The summed E-state index contributed by atoms with van der Waals surface area (Å²) in [4.78, 5) is 30.6. The Morgan fingerprint density at radius 3 is 2.54 bits per heavy atom. The molecule has 4 rings (SSSR count). The summed E-state index contributed by atoms with van der Waals surface area (Å²) in [6.45, 7) is 0.623. The molecule has 1 aromatic heterocycles. The highest BCUT2D eigenvalue weighted by molar-refractivity contribution is 6.42. The van der Waals surface area contributed by atoms with Crippen LogP contribution in [-0.4, -0.2) is 26.3 Å². The number of hydrogen-bond donors (Lipinski definition) is 0. The van der Waals surface area contributed by atoms with Crippen molar-refractivity contribution < 1.29 is 9.59 Å². The zero-order valence-electron chi connectivity index (χ0n) is 14.5. The first-order valence-electron chi connectivity index (χ1n) is 8.42. The molecule has 5 nitrogen and oxygen atoms in total. The van der Waals surface area contributed by atoms with Gasteiger partial charge in [-0.25, -0.2) is 4.98 Å². The number of hydrogen-bond acceptors (Lipinski definition) is 3. The third-order valence-corrected chi connectivity index (χ3v) is 5.09. The van der Waals surface area contributed by atoms with Gasteiger partial charge in [0.15, 0.2) is 0 Å². The number of imidazole rings is 1. The van der Waals surface area contributed by atoms with E-state index in [-0.39, 0.29) is 18.4 Å². The first-order chi connectivity index (χ1) is 13.5. The van der Waals surface area contributed by atoms with Crippen LogP contribution in [0.3, 0.4) is 0 Å². The predicted molar refractivity (Wildman–Crippen MR) is 106 cm³/mol. The number of imide groups is 1. The monoisotopic (exact) mass is 409 g/mol. The summed E-state index contributed by atoms with van der Waals surface area (Å²) in [5, 5.41) is 0.804. The molecular formula is C21H13Cl2N3O2. The lowest BCUT2D eigenvalue weighted by molar-refractivity contribution is 0.0642. The van der Waals surface area contributed by atoms with Crippen molar-refractivity contribution in [1.82, 2.24) is 14.5 Å². The normalized spacial score (nSPS) is 12.7. The lowest BCUT2D eigenvalue weighted by atomic mass is 10.1. The van der Waals surface area contributed by atoms with Crippen LogP contribution in [-0.2, 0) is 13.1 Å². The Bertz CT molecular complexity index is 1140. The Hall–Kier alpha value is -3.07. The van der Waals surface area contributed by atoms with Gasteiger partial charge in [-0.15, -0.1) is 0 Å². The minimum Gasteiger partial charge on any atom is -0.326 e. The molecule has 1 aliphatic rings. The molecule has 2 heterocycles. The molecule has 2 aromatic carbocycles. The third-order valence-electron chi connectivity index (χ3n) is 4.35. The SMILES string of the molecule is O=C1c2ccc(C#CCn3ccnc3)cc2C(=O)N1Cc1ccc(Cl)c(Cl)c1. The fourth-order valence-corrected chi connectivity index (χ4v) is 3.27. The van der Waals surface area contributed by atoms with Crippen molar-refractivity contribution in [2.45, 2.75) is 13.1 Å². The van der Waals surface area contributed by atoms with Crippen LogP contribution in [0, 0.1) is 11.8 Å². The first kappa shape index (κ1) is 18.3. The highest BCUT2D eigenvalue weighted by Crippen LogP contribution is 2.28. The maximum Gasteiger partial charge on any atom is 0.261 e. The van der Waals surface area contributed by atoms with Gasteiger partial charge >= 0.3 is 0 Å². The molecule has 0 fully saturated rings. The van der Waals surface area contributed by atoms with Gasteiger partial charge in [-0.1, -0.05) is 41.1 Å². The number of aromatic nitrogens is 2. The largest absolute Gasteiger partial charge is 0.326 e. The fraction of sp³-hybridized carbons (Fsp3) is 0.0952. The summed E-state index contributed by atoms with van der Waals surface area (Å²) in [5.74, 6) is 5.36. The molecule has 1 aliphatic heterocycles.